The maximum atomic E-state index is 5.90. The Bertz CT molecular complexity index is 187. The van der Waals surface area contributed by atoms with Crippen LogP contribution in [-0.4, -0.2) is 43.2 Å². The monoisotopic (exact) mass is 211 g/mol. The fraction of sp³-hybridized carbons (Fsp3) is 1.00. The van der Waals surface area contributed by atoms with Crippen LogP contribution in [0.3, 0.4) is 0 Å². The highest BCUT2D eigenvalue weighted by Crippen LogP contribution is 2.18. The van der Waals surface area contributed by atoms with Crippen LogP contribution in [0.5, 0.6) is 0 Å². The molecule has 2 rings (SSSR count). The zero-order valence-electron chi connectivity index (χ0n) is 9.91. The predicted molar refractivity (Wildman–Crippen MR) is 63.9 cm³/mol. The highest BCUT2D eigenvalue weighted by molar-refractivity contribution is 4.83. The topological polar surface area (TPSA) is 41.3 Å². The Balaban J connectivity index is 1.65. The molecule has 3 N–H and O–H groups in total. The van der Waals surface area contributed by atoms with Crippen LogP contribution < -0.4 is 11.1 Å². The van der Waals surface area contributed by atoms with Crippen molar-refractivity contribution in [2.24, 2.45) is 5.73 Å². The molecule has 1 heterocycles. The predicted octanol–water partition coefficient (Wildman–Crippen LogP) is 0.940. The third kappa shape index (κ3) is 3.16. The van der Waals surface area contributed by atoms with E-state index in [1.54, 1.807) is 0 Å². The zero-order valence-corrected chi connectivity index (χ0v) is 9.91. The van der Waals surface area contributed by atoms with Gasteiger partial charge >= 0.3 is 0 Å². The summed E-state index contributed by atoms with van der Waals surface area (Å²) in [6.45, 7) is 2.46. The van der Waals surface area contributed by atoms with Crippen LogP contribution in [0.15, 0.2) is 0 Å². The van der Waals surface area contributed by atoms with Gasteiger partial charge in [0.2, 0.25) is 0 Å². The minimum Gasteiger partial charge on any atom is -0.328 e. The first-order valence-electron chi connectivity index (χ1n) is 6.45. The second-order valence-electron chi connectivity index (χ2n) is 5.30. The summed E-state index contributed by atoms with van der Waals surface area (Å²) in [7, 11) is 2.25. The molecule has 2 fully saturated rings. The lowest BCUT2D eigenvalue weighted by Crippen LogP contribution is -2.43. The van der Waals surface area contributed by atoms with Crippen LogP contribution in [0.1, 0.15) is 38.5 Å². The normalized spacial score (nSPS) is 38.4. The fourth-order valence-electron chi connectivity index (χ4n) is 2.86. The van der Waals surface area contributed by atoms with Crippen molar-refractivity contribution in [2.75, 3.05) is 20.1 Å². The number of nitrogens with two attached hydrogens (primary N) is 1. The zero-order chi connectivity index (χ0) is 10.7. The average molecular weight is 211 g/mol. The first-order valence-corrected chi connectivity index (χ1v) is 6.45. The van der Waals surface area contributed by atoms with E-state index in [9.17, 15) is 0 Å². The van der Waals surface area contributed by atoms with Crippen molar-refractivity contribution in [3.63, 3.8) is 0 Å². The Hall–Kier alpha value is -0.120. The second-order valence-corrected chi connectivity index (χ2v) is 5.30. The molecule has 0 radical (unpaired) electrons. The summed E-state index contributed by atoms with van der Waals surface area (Å²) in [4.78, 5) is 2.49. The number of hydrogen-bond acceptors (Lipinski definition) is 3. The van der Waals surface area contributed by atoms with Gasteiger partial charge in [-0.05, 0) is 52.1 Å². The summed E-state index contributed by atoms with van der Waals surface area (Å²) in [6.07, 6.45) is 7.71. The summed E-state index contributed by atoms with van der Waals surface area (Å²) >= 11 is 0. The molecule has 0 bridgehead atoms. The molecule has 88 valence electrons. The number of nitrogens with one attached hydrogen (secondary N) is 1. The number of nitrogens with zero attached hydrogens (tertiary/aromatic N) is 1. The number of rotatable bonds is 3. The third-order valence-electron chi connectivity index (χ3n) is 4.09. The molecule has 1 saturated heterocycles. The molecule has 1 aliphatic heterocycles. The Labute approximate surface area is 93.4 Å². The minimum atomic E-state index is 0.470. The largest absolute Gasteiger partial charge is 0.328 e. The van der Waals surface area contributed by atoms with E-state index in [-0.39, 0.29) is 0 Å². The number of likely N-dealkylation sites (N-methyl/N-ethyl adjacent to an activating group) is 1. The molecular weight excluding hydrogens is 186 g/mol. The summed E-state index contributed by atoms with van der Waals surface area (Å²) in [5.41, 5.74) is 5.90. The lowest BCUT2D eigenvalue weighted by Gasteiger charge is -2.29. The van der Waals surface area contributed by atoms with Gasteiger partial charge in [-0.2, -0.15) is 0 Å². The molecule has 0 aromatic carbocycles. The van der Waals surface area contributed by atoms with Gasteiger partial charge in [-0.3, -0.25) is 0 Å². The van der Waals surface area contributed by atoms with Crippen LogP contribution in [-0.2, 0) is 0 Å². The summed E-state index contributed by atoms with van der Waals surface area (Å²) in [5.74, 6) is 0. The van der Waals surface area contributed by atoms with Crippen molar-refractivity contribution in [1.29, 1.82) is 0 Å². The lowest BCUT2D eigenvalue weighted by molar-refractivity contribution is 0.270. The molecule has 3 heteroatoms. The first kappa shape index (κ1) is 11.4. The Kier molecular flexibility index (Phi) is 4.00. The average Bonchev–Trinajstić information content (AvgIpc) is 2.63. The Morgan fingerprint density at radius 2 is 1.93 bits per heavy atom. The summed E-state index contributed by atoms with van der Waals surface area (Å²) in [5, 5.41) is 3.72. The fourth-order valence-corrected chi connectivity index (χ4v) is 2.86. The van der Waals surface area contributed by atoms with Gasteiger partial charge in [0, 0.05) is 24.7 Å². The van der Waals surface area contributed by atoms with Crippen LogP contribution in [0.25, 0.3) is 0 Å². The Morgan fingerprint density at radius 1 is 1.20 bits per heavy atom. The Morgan fingerprint density at radius 3 is 2.53 bits per heavy atom. The lowest BCUT2D eigenvalue weighted by atomic mass is 9.92. The maximum absolute atomic E-state index is 5.90. The van der Waals surface area contributed by atoms with Crippen molar-refractivity contribution < 1.29 is 0 Å². The highest BCUT2D eigenvalue weighted by Gasteiger charge is 2.23. The van der Waals surface area contributed by atoms with Crippen molar-refractivity contribution >= 4 is 0 Å². The molecule has 0 spiro atoms. The van der Waals surface area contributed by atoms with E-state index < -0.39 is 0 Å². The second kappa shape index (κ2) is 5.28. The molecule has 2 aliphatic rings. The van der Waals surface area contributed by atoms with Gasteiger partial charge in [-0.15, -0.1) is 0 Å². The molecule has 0 amide bonds. The van der Waals surface area contributed by atoms with E-state index in [1.165, 1.54) is 51.6 Å². The quantitative estimate of drug-likeness (QED) is 0.730. The van der Waals surface area contributed by atoms with Crippen molar-refractivity contribution in [1.82, 2.24) is 10.2 Å². The molecule has 1 aliphatic carbocycles. The van der Waals surface area contributed by atoms with Gasteiger partial charge in [0.05, 0.1) is 0 Å². The SMILES string of the molecule is CN1CCCC1CNC1CCC(N)CC1. The highest BCUT2D eigenvalue weighted by atomic mass is 15.2. The van der Waals surface area contributed by atoms with E-state index in [4.69, 9.17) is 5.73 Å². The van der Waals surface area contributed by atoms with E-state index in [0.29, 0.717) is 6.04 Å². The van der Waals surface area contributed by atoms with Crippen molar-refractivity contribution in [2.45, 2.75) is 56.7 Å². The minimum absolute atomic E-state index is 0.470. The number of likely N-dealkylation sites (tertiary alicyclic amines) is 1. The van der Waals surface area contributed by atoms with Gasteiger partial charge in [0.25, 0.3) is 0 Å². The molecule has 3 nitrogen and oxygen atoms in total. The van der Waals surface area contributed by atoms with Gasteiger partial charge in [0.15, 0.2) is 0 Å². The van der Waals surface area contributed by atoms with Gasteiger partial charge in [-0.25, -0.2) is 0 Å². The van der Waals surface area contributed by atoms with Gasteiger partial charge < -0.3 is 16.0 Å². The smallest absolute Gasteiger partial charge is 0.0218 e. The van der Waals surface area contributed by atoms with Gasteiger partial charge in [-0.1, -0.05) is 0 Å². The molecular formula is C12H25N3. The molecule has 1 saturated carbocycles. The maximum Gasteiger partial charge on any atom is 0.0218 e. The molecule has 1 atom stereocenters. The van der Waals surface area contributed by atoms with Crippen LogP contribution in [0.4, 0.5) is 0 Å². The van der Waals surface area contributed by atoms with E-state index in [0.717, 1.165) is 12.1 Å². The van der Waals surface area contributed by atoms with E-state index in [2.05, 4.69) is 17.3 Å². The van der Waals surface area contributed by atoms with Gasteiger partial charge in [0.1, 0.15) is 0 Å². The summed E-state index contributed by atoms with van der Waals surface area (Å²) < 4.78 is 0. The van der Waals surface area contributed by atoms with Crippen LogP contribution in [0, 0.1) is 0 Å². The third-order valence-corrected chi connectivity index (χ3v) is 4.09. The molecule has 15 heavy (non-hydrogen) atoms. The first-order chi connectivity index (χ1) is 7.25. The van der Waals surface area contributed by atoms with Crippen molar-refractivity contribution in [3.8, 4) is 0 Å². The summed E-state index contributed by atoms with van der Waals surface area (Å²) in [6, 6.07) is 1.98. The van der Waals surface area contributed by atoms with E-state index in [1.807, 2.05) is 0 Å². The standard InChI is InChI=1S/C12H25N3/c1-15-8-2-3-12(15)9-14-11-6-4-10(13)5-7-11/h10-12,14H,2-9,13H2,1H3. The number of hydrogen-bond donors (Lipinski definition) is 2. The van der Waals surface area contributed by atoms with Crippen LogP contribution in [0.2, 0.25) is 0 Å². The molecule has 0 aromatic heterocycles. The molecule has 0 aromatic rings. The van der Waals surface area contributed by atoms with Crippen molar-refractivity contribution in [3.05, 3.63) is 0 Å². The van der Waals surface area contributed by atoms with E-state index >= 15 is 0 Å². The molecule has 1 unspecified atom stereocenters. The van der Waals surface area contributed by atoms with Crippen LogP contribution >= 0.6 is 0 Å².